The largest absolute Gasteiger partial charge is 0.313 e. The second-order valence-electron chi connectivity index (χ2n) is 2.43. The molecule has 1 N–H and O–H groups in total. The SMILES string of the molecule is CN/N=C(\C=C/C=O)c1ccccn1. The summed E-state index contributed by atoms with van der Waals surface area (Å²) >= 11 is 0. The van der Waals surface area contributed by atoms with Gasteiger partial charge in [-0.2, -0.15) is 5.10 Å². The lowest BCUT2D eigenvalue weighted by atomic mass is 10.2. The third-order valence-electron chi connectivity index (χ3n) is 1.49. The fourth-order valence-corrected chi connectivity index (χ4v) is 0.945. The fourth-order valence-electron chi connectivity index (χ4n) is 0.945. The van der Waals surface area contributed by atoms with E-state index in [-0.39, 0.29) is 0 Å². The fraction of sp³-hybridized carbons (Fsp3) is 0.100. The molecule has 0 saturated heterocycles. The highest BCUT2D eigenvalue weighted by Crippen LogP contribution is 1.97. The summed E-state index contributed by atoms with van der Waals surface area (Å²) in [6, 6.07) is 5.51. The molecule has 72 valence electrons. The summed E-state index contributed by atoms with van der Waals surface area (Å²) in [6.07, 6.45) is 5.36. The number of nitrogens with one attached hydrogen (secondary N) is 1. The summed E-state index contributed by atoms with van der Waals surface area (Å²) in [5, 5.41) is 3.99. The number of hydrogen-bond acceptors (Lipinski definition) is 4. The molecule has 4 nitrogen and oxygen atoms in total. The molecule has 0 aliphatic rings. The van der Waals surface area contributed by atoms with Crippen molar-refractivity contribution in [2.45, 2.75) is 0 Å². The van der Waals surface area contributed by atoms with Gasteiger partial charge in [-0.05, 0) is 24.3 Å². The van der Waals surface area contributed by atoms with Gasteiger partial charge in [-0.3, -0.25) is 9.78 Å². The van der Waals surface area contributed by atoms with Crippen LogP contribution in [0.4, 0.5) is 0 Å². The summed E-state index contributed by atoms with van der Waals surface area (Å²) in [6.45, 7) is 0. The molecule has 0 saturated carbocycles. The molecule has 1 aromatic heterocycles. The molecule has 0 amide bonds. The van der Waals surface area contributed by atoms with Crippen LogP contribution in [0, 0.1) is 0 Å². The first kappa shape index (κ1) is 10.1. The molecule has 0 unspecified atom stereocenters. The first-order valence-electron chi connectivity index (χ1n) is 4.16. The number of aromatic nitrogens is 1. The number of hydrazone groups is 1. The molecule has 0 aliphatic heterocycles. The Hall–Kier alpha value is -1.97. The summed E-state index contributed by atoms with van der Waals surface area (Å²) < 4.78 is 0. The van der Waals surface area contributed by atoms with Gasteiger partial charge in [0.25, 0.3) is 0 Å². The number of allylic oxidation sites excluding steroid dienone is 2. The topological polar surface area (TPSA) is 54.4 Å². The van der Waals surface area contributed by atoms with E-state index in [2.05, 4.69) is 15.5 Å². The lowest BCUT2D eigenvalue weighted by Crippen LogP contribution is -2.06. The Labute approximate surface area is 82.4 Å². The minimum atomic E-state index is 0.625. The first-order chi connectivity index (χ1) is 6.88. The van der Waals surface area contributed by atoms with Crippen LogP contribution in [0.15, 0.2) is 41.6 Å². The number of carbonyl (C=O) groups is 1. The molecular weight excluding hydrogens is 178 g/mol. The van der Waals surface area contributed by atoms with Crippen molar-refractivity contribution < 1.29 is 4.79 Å². The van der Waals surface area contributed by atoms with Crippen LogP contribution in [-0.2, 0) is 4.79 Å². The van der Waals surface area contributed by atoms with Gasteiger partial charge in [0, 0.05) is 13.2 Å². The van der Waals surface area contributed by atoms with Crippen LogP contribution in [0.25, 0.3) is 0 Å². The van der Waals surface area contributed by atoms with Crippen molar-refractivity contribution in [3.8, 4) is 0 Å². The van der Waals surface area contributed by atoms with E-state index in [4.69, 9.17) is 0 Å². The minimum absolute atomic E-state index is 0.625. The van der Waals surface area contributed by atoms with Gasteiger partial charge in [0.2, 0.25) is 0 Å². The van der Waals surface area contributed by atoms with Gasteiger partial charge in [0.05, 0.1) is 5.69 Å². The highest BCUT2D eigenvalue weighted by Gasteiger charge is 1.98. The predicted molar refractivity (Wildman–Crippen MR) is 55.0 cm³/mol. The average molecular weight is 189 g/mol. The molecule has 0 spiro atoms. The van der Waals surface area contributed by atoms with Gasteiger partial charge < -0.3 is 5.43 Å². The zero-order valence-electron chi connectivity index (χ0n) is 7.84. The van der Waals surface area contributed by atoms with Crippen molar-refractivity contribution in [2.24, 2.45) is 5.10 Å². The maximum absolute atomic E-state index is 10.2. The second kappa shape index (κ2) is 5.64. The van der Waals surface area contributed by atoms with E-state index < -0.39 is 0 Å². The molecule has 14 heavy (non-hydrogen) atoms. The molecule has 0 atom stereocenters. The molecule has 1 aromatic rings. The molecular formula is C10H11N3O. The smallest absolute Gasteiger partial charge is 0.142 e. The second-order valence-corrected chi connectivity index (χ2v) is 2.43. The molecule has 0 bridgehead atoms. The van der Waals surface area contributed by atoms with Crippen LogP contribution in [0.2, 0.25) is 0 Å². The van der Waals surface area contributed by atoms with E-state index in [1.165, 1.54) is 6.08 Å². The predicted octanol–water partition coefficient (Wildman–Crippen LogP) is 0.760. The van der Waals surface area contributed by atoms with Gasteiger partial charge in [-0.1, -0.05) is 6.07 Å². The number of hydrogen-bond donors (Lipinski definition) is 1. The molecule has 0 fully saturated rings. The lowest BCUT2D eigenvalue weighted by molar-refractivity contribution is -0.104. The summed E-state index contributed by atoms with van der Waals surface area (Å²) in [5.41, 5.74) is 4.00. The van der Waals surface area contributed by atoms with E-state index in [0.29, 0.717) is 12.0 Å². The molecule has 1 rings (SSSR count). The van der Waals surface area contributed by atoms with E-state index >= 15 is 0 Å². The van der Waals surface area contributed by atoms with Gasteiger partial charge in [-0.15, -0.1) is 0 Å². The third-order valence-corrected chi connectivity index (χ3v) is 1.49. The van der Waals surface area contributed by atoms with Gasteiger partial charge in [-0.25, -0.2) is 0 Å². The van der Waals surface area contributed by atoms with Crippen LogP contribution in [0.3, 0.4) is 0 Å². The summed E-state index contributed by atoms with van der Waals surface area (Å²) in [4.78, 5) is 14.3. The van der Waals surface area contributed by atoms with Crippen LogP contribution < -0.4 is 5.43 Å². The first-order valence-corrected chi connectivity index (χ1v) is 4.16. The quantitative estimate of drug-likeness (QED) is 0.329. The van der Waals surface area contributed by atoms with Crippen LogP contribution >= 0.6 is 0 Å². The number of nitrogens with zero attached hydrogens (tertiary/aromatic N) is 2. The van der Waals surface area contributed by atoms with Crippen molar-refractivity contribution in [1.29, 1.82) is 0 Å². The maximum Gasteiger partial charge on any atom is 0.142 e. The van der Waals surface area contributed by atoms with Crippen molar-refractivity contribution in [2.75, 3.05) is 7.05 Å². The Morgan fingerprint density at radius 2 is 2.43 bits per heavy atom. The Morgan fingerprint density at radius 1 is 1.57 bits per heavy atom. The van der Waals surface area contributed by atoms with Gasteiger partial charge in [0.15, 0.2) is 0 Å². The van der Waals surface area contributed by atoms with Crippen LogP contribution in [0.5, 0.6) is 0 Å². The van der Waals surface area contributed by atoms with E-state index in [1.54, 1.807) is 19.3 Å². The number of rotatable bonds is 4. The summed E-state index contributed by atoms with van der Waals surface area (Å²) in [5.74, 6) is 0. The third kappa shape index (κ3) is 2.82. The average Bonchev–Trinajstić information content (AvgIpc) is 2.25. The summed E-state index contributed by atoms with van der Waals surface area (Å²) in [7, 11) is 1.69. The monoisotopic (exact) mass is 189 g/mol. The Balaban J connectivity index is 2.95. The maximum atomic E-state index is 10.2. The van der Waals surface area contributed by atoms with Crippen molar-refractivity contribution in [1.82, 2.24) is 10.4 Å². The molecule has 0 aromatic carbocycles. The highest BCUT2D eigenvalue weighted by atomic mass is 16.1. The van der Waals surface area contributed by atoms with Crippen molar-refractivity contribution in [3.05, 3.63) is 42.2 Å². The number of carbonyl (C=O) groups excluding carboxylic acids is 1. The van der Waals surface area contributed by atoms with Crippen LogP contribution in [0.1, 0.15) is 5.69 Å². The van der Waals surface area contributed by atoms with E-state index in [9.17, 15) is 4.79 Å². The van der Waals surface area contributed by atoms with Crippen LogP contribution in [-0.4, -0.2) is 24.0 Å². The molecule has 0 aliphatic carbocycles. The normalized spacial score (nSPS) is 11.6. The molecule has 0 radical (unpaired) electrons. The zero-order chi connectivity index (χ0) is 10.2. The zero-order valence-corrected chi connectivity index (χ0v) is 7.84. The minimum Gasteiger partial charge on any atom is -0.313 e. The van der Waals surface area contributed by atoms with E-state index in [0.717, 1.165) is 5.69 Å². The van der Waals surface area contributed by atoms with Gasteiger partial charge in [0.1, 0.15) is 12.0 Å². The van der Waals surface area contributed by atoms with E-state index in [1.807, 2.05) is 18.2 Å². The molecule has 1 heterocycles. The Kier molecular flexibility index (Phi) is 4.07. The Bertz CT molecular complexity index is 344. The van der Waals surface area contributed by atoms with Gasteiger partial charge >= 0.3 is 0 Å². The number of aldehydes is 1. The molecule has 4 heteroatoms. The Morgan fingerprint density at radius 3 is 3.00 bits per heavy atom. The number of pyridine rings is 1. The van der Waals surface area contributed by atoms with Crippen molar-refractivity contribution >= 4 is 12.0 Å². The lowest BCUT2D eigenvalue weighted by Gasteiger charge is -1.98. The standard InChI is InChI=1S/C10H11N3O/c1-11-13-10(6-4-8-14)9-5-2-3-7-12-9/h2-8,11H,1H3/b6-4-,13-10+. The highest BCUT2D eigenvalue weighted by molar-refractivity contribution is 6.08. The van der Waals surface area contributed by atoms with Crippen molar-refractivity contribution in [3.63, 3.8) is 0 Å².